The number of hydrogen-bond donors (Lipinski definition) is 6. The largest absolute Gasteiger partial charge is 0.494 e. The third kappa shape index (κ3) is 14.5. The van der Waals surface area contributed by atoms with Crippen LogP contribution in [-0.2, 0) is 67.2 Å². The van der Waals surface area contributed by atoms with Crippen molar-refractivity contribution in [1.29, 1.82) is 0 Å². The van der Waals surface area contributed by atoms with Gasteiger partial charge >= 0.3 is 0 Å². The summed E-state index contributed by atoms with van der Waals surface area (Å²) >= 11 is 0. The second kappa shape index (κ2) is 27.8. The molecule has 0 aliphatic carbocycles. The molecule has 0 amide bonds. The van der Waals surface area contributed by atoms with Crippen LogP contribution in [0.3, 0.4) is 0 Å². The molecule has 484 valence electrons. The van der Waals surface area contributed by atoms with Crippen molar-refractivity contribution in [3.8, 4) is 34.9 Å². The molecule has 0 spiro atoms. The van der Waals surface area contributed by atoms with E-state index in [1.165, 1.54) is 55.9 Å². The number of benzene rings is 5. The zero-order chi connectivity index (χ0) is 67.3. The van der Waals surface area contributed by atoms with Crippen molar-refractivity contribution in [1.82, 2.24) is 13.7 Å². The maximum Gasteiger partial charge on any atom is 0.281 e. The lowest BCUT2D eigenvalue weighted by Crippen LogP contribution is -2.22. The van der Waals surface area contributed by atoms with Gasteiger partial charge in [-0.25, -0.2) is 0 Å². The molecule has 8 aromatic rings. The summed E-state index contributed by atoms with van der Waals surface area (Å²) in [6, 6.07) is 31.8. The molecule has 6 N–H and O–H groups in total. The van der Waals surface area contributed by atoms with Crippen molar-refractivity contribution in [2.45, 2.75) is 90.3 Å². The molecule has 5 aromatic carbocycles. The van der Waals surface area contributed by atoms with Gasteiger partial charge in [0, 0.05) is 48.2 Å². The van der Waals surface area contributed by atoms with Crippen molar-refractivity contribution >= 4 is 64.5 Å². The smallest absolute Gasteiger partial charge is 0.281 e. The Morgan fingerprint density at radius 1 is 0.402 bits per heavy atom. The van der Waals surface area contributed by atoms with Gasteiger partial charge in [-0.1, -0.05) is 78.9 Å². The topological polar surface area (TPSA) is 392 Å². The Morgan fingerprint density at radius 3 is 1.05 bits per heavy atom. The molecule has 0 saturated heterocycles. The van der Waals surface area contributed by atoms with Gasteiger partial charge in [-0.3, -0.25) is 41.7 Å². The van der Waals surface area contributed by atoms with Crippen LogP contribution in [0.4, 0.5) is 34.1 Å². The van der Waals surface area contributed by atoms with Crippen LogP contribution in [0.2, 0.25) is 0 Å². The van der Waals surface area contributed by atoms with E-state index in [1.54, 1.807) is 67.6 Å². The molecular weight excluding hydrogens is 1250 g/mol. The van der Waals surface area contributed by atoms with E-state index in [0.717, 1.165) is 19.3 Å². The SMILES string of the molecule is CCn1c(O)c(CS(=O)(=O)O)c(C)c(N=Nc2ccc(C(c3ccccc3)c3cc(OC)c(N=Nc4c(C)c(CS(=O)(=O)O)c(O)n(CC)c4=O)c(C(c4ccccc4)c4ccc(N=Nc5c(C)c(CS(=O)(=O)O)c(O)n(CC)c5=O)c(OC)c4)c3)cc2OC)c1=O. The minimum atomic E-state index is -4.78. The van der Waals surface area contributed by atoms with Gasteiger partial charge in [0.25, 0.3) is 47.0 Å². The highest BCUT2D eigenvalue weighted by Crippen LogP contribution is 2.49. The second-order valence-corrected chi connectivity index (χ2v) is 25.3. The molecule has 30 heteroatoms. The number of aromatic nitrogens is 3. The van der Waals surface area contributed by atoms with E-state index in [9.17, 15) is 68.6 Å². The lowest BCUT2D eigenvalue weighted by molar-refractivity contribution is 0.403. The molecule has 2 atom stereocenters. The monoisotopic (exact) mass is 1320 g/mol. The fourth-order valence-corrected chi connectivity index (χ4v) is 12.9. The summed E-state index contributed by atoms with van der Waals surface area (Å²) in [4.78, 5) is 41.6. The van der Waals surface area contributed by atoms with Gasteiger partial charge in [0.1, 0.15) is 51.6 Å². The predicted molar refractivity (Wildman–Crippen MR) is 340 cm³/mol. The minimum Gasteiger partial charge on any atom is -0.494 e. The van der Waals surface area contributed by atoms with Crippen molar-refractivity contribution in [3.05, 3.63) is 207 Å². The fourth-order valence-electron chi connectivity index (χ4n) is 10.8. The summed E-state index contributed by atoms with van der Waals surface area (Å²) < 4.78 is 123. The van der Waals surface area contributed by atoms with Crippen LogP contribution in [0.25, 0.3) is 0 Å². The van der Waals surface area contributed by atoms with Crippen LogP contribution < -0.4 is 30.9 Å². The van der Waals surface area contributed by atoms with Crippen LogP contribution in [0, 0.1) is 20.8 Å². The zero-order valence-electron chi connectivity index (χ0n) is 51.1. The van der Waals surface area contributed by atoms with Gasteiger partial charge in [0.15, 0.2) is 34.7 Å². The van der Waals surface area contributed by atoms with E-state index in [2.05, 4.69) is 25.6 Å². The summed E-state index contributed by atoms with van der Waals surface area (Å²) in [7, 11) is -10.0. The Hall–Kier alpha value is -9.72. The lowest BCUT2D eigenvalue weighted by Gasteiger charge is -2.26. The third-order valence-electron chi connectivity index (χ3n) is 15.4. The van der Waals surface area contributed by atoms with E-state index in [4.69, 9.17) is 19.3 Å². The molecular formula is C62H65N9O18S3. The number of methoxy groups -OCH3 is 3. The second-order valence-electron chi connectivity index (χ2n) is 21.0. The highest BCUT2D eigenvalue weighted by atomic mass is 32.2. The fraction of sp³-hybridized carbons (Fsp3) is 0.274. The Labute approximate surface area is 528 Å². The van der Waals surface area contributed by atoms with E-state index < -0.39 is 93.8 Å². The quantitative estimate of drug-likeness (QED) is 0.0186. The number of rotatable bonds is 24. The maximum atomic E-state index is 14.2. The highest BCUT2D eigenvalue weighted by Gasteiger charge is 2.31. The van der Waals surface area contributed by atoms with E-state index in [0.29, 0.717) is 27.8 Å². The molecule has 0 saturated carbocycles. The normalized spacial score (nSPS) is 12.9. The number of pyridine rings is 3. The van der Waals surface area contributed by atoms with Crippen LogP contribution in [0.1, 0.15) is 99.4 Å². The van der Waals surface area contributed by atoms with Crippen molar-refractivity contribution in [2.24, 2.45) is 30.7 Å². The van der Waals surface area contributed by atoms with Gasteiger partial charge < -0.3 is 29.5 Å². The number of hydrogen-bond acceptors (Lipinski definition) is 21. The van der Waals surface area contributed by atoms with E-state index >= 15 is 0 Å². The Bertz CT molecular complexity index is 4820. The van der Waals surface area contributed by atoms with E-state index in [1.807, 2.05) is 48.5 Å². The summed E-state index contributed by atoms with van der Waals surface area (Å²) in [6.45, 7) is 8.36. The summed E-state index contributed by atoms with van der Waals surface area (Å²) in [6.07, 6.45) is 0. The molecule has 3 aromatic heterocycles. The van der Waals surface area contributed by atoms with Gasteiger partial charge in [-0.15, -0.1) is 30.7 Å². The molecule has 0 radical (unpaired) electrons. The molecule has 0 aliphatic heterocycles. The van der Waals surface area contributed by atoms with Gasteiger partial charge in [0.2, 0.25) is 0 Å². The first-order chi connectivity index (χ1) is 43.5. The van der Waals surface area contributed by atoms with Crippen LogP contribution in [-0.4, -0.2) is 89.3 Å². The predicted octanol–water partition coefficient (Wildman–Crippen LogP) is 11.1. The Morgan fingerprint density at radius 2 is 0.717 bits per heavy atom. The standard InChI is InChI=1S/C62H65N9O18S3/c1-10-69-57(72)43(31-90(78,79)80)34(4)53(60(69)75)65-63-46-25-23-39(28-48(46)87-7)51(37-19-15-13-16-20-37)41-27-42(56(50(30-41)89-9)68-67-55-36(6)45(33-92(84,85)86)59(74)71(12-3)62(55)77)52(38-21-17-14-18-22-38)40-24-26-47(49(29-40)88-8)64-66-54-35(5)44(32-91(81,82)83)58(73)70(11-2)61(54)76/h13-30,51-52,72-74H,10-12,31-33H2,1-9H3,(H,78,79,80)(H,81,82,83)(H,84,85,86). The van der Waals surface area contributed by atoms with Crippen molar-refractivity contribution < 1.29 is 68.4 Å². The lowest BCUT2D eigenvalue weighted by atomic mass is 9.79. The first-order valence-electron chi connectivity index (χ1n) is 28.1. The third-order valence-corrected chi connectivity index (χ3v) is 17.3. The molecule has 2 unspecified atom stereocenters. The molecule has 0 fully saturated rings. The van der Waals surface area contributed by atoms with Gasteiger partial charge in [-0.05, 0) is 122 Å². The van der Waals surface area contributed by atoms with Crippen LogP contribution in [0.5, 0.6) is 34.9 Å². The summed E-state index contributed by atoms with van der Waals surface area (Å²) in [5.41, 5.74) is -0.851. The van der Waals surface area contributed by atoms with Crippen LogP contribution in [0.15, 0.2) is 154 Å². The average Bonchev–Trinajstić information content (AvgIpc) is 0.783. The maximum absolute atomic E-state index is 14.2. The Kier molecular flexibility index (Phi) is 20.6. The molecule has 3 heterocycles. The average molecular weight is 1320 g/mol. The van der Waals surface area contributed by atoms with Crippen LogP contribution >= 0.6 is 0 Å². The zero-order valence-corrected chi connectivity index (χ0v) is 53.6. The van der Waals surface area contributed by atoms with Crippen molar-refractivity contribution in [2.75, 3.05) is 21.3 Å². The van der Waals surface area contributed by atoms with Crippen molar-refractivity contribution in [3.63, 3.8) is 0 Å². The summed E-state index contributed by atoms with van der Waals surface area (Å²) in [5, 5.41) is 59.5. The number of ether oxygens (including phenoxy) is 3. The molecule has 8 rings (SSSR count). The highest BCUT2D eigenvalue weighted by molar-refractivity contribution is 7.85. The van der Waals surface area contributed by atoms with Gasteiger partial charge in [-0.2, -0.15) is 25.3 Å². The first-order valence-corrected chi connectivity index (χ1v) is 33.0. The first kappa shape index (κ1) is 68.2. The number of aromatic hydroxyl groups is 3. The Balaban J connectivity index is 1.39. The summed E-state index contributed by atoms with van der Waals surface area (Å²) in [5.74, 6) is -6.39. The molecule has 0 aliphatic rings. The molecule has 0 bridgehead atoms. The number of azo groups is 3. The molecule has 27 nitrogen and oxygen atoms in total. The van der Waals surface area contributed by atoms with E-state index in [-0.39, 0.29) is 104 Å². The van der Waals surface area contributed by atoms with Gasteiger partial charge in [0.05, 0.1) is 21.3 Å². The number of nitrogens with zero attached hydrogens (tertiary/aromatic N) is 9. The minimum absolute atomic E-state index is 0.0428. The molecule has 92 heavy (non-hydrogen) atoms.